The second-order valence-electron chi connectivity index (χ2n) is 6.54. The molecule has 0 saturated carbocycles. The van der Waals surface area contributed by atoms with E-state index in [-0.39, 0.29) is 18.0 Å². The first kappa shape index (κ1) is 20.5. The van der Waals surface area contributed by atoms with Gasteiger partial charge in [-0.1, -0.05) is 44.2 Å². The summed E-state index contributed by atoms with van der Waals surface area (Å²) in [5, 5.41) is 14.3. The van der Waals surface area contributed by atoms with E-state index in [2.05, 4.69) is 25.5 Å². The number of hydrogen-bond acceptors (Lipinski definition) is 6. The molecule has 2 aromatic rings. The van der Waals surface area contributed by atoms with Gasteiger partial charge in [0.15, 0.2) is 6.23 Å². The highest BCUT2D eigenvalue weighted by molar-refractivity contribution is 5.96. The van der Waals surface area contributed by atoms with E-state index in [0.717, 1.165) is 5.56 Å². The van der Waals surface area contributed by atoms with Crippen molar-refractivity contribution in [3.8, 4) is 0 Å². The van der Waals surface area contributed by atoms with Crippen LogP contribution in [-0.2, 0) is 16.1 Å². The van der Waals surface area contributed by atoms with E-state index in [1.165, 1.54) is 18.6 Å². The molecule has 144 valence electrons. The molecule has 1 heterocycles. The maximum Gasteiger partial charge on any atom is 0.272 e. The molecule has 0 bridgehead atoms. The van der Waals surface area contributed by atoms with Crippen LogP contribution in [0.2, 0.25) is 0 Å². The zero-order chi connectivity index (χ0) is 19.6. The number of carbonyl (C=O) groups excluding carboxylic acids is 2. The van der Waals surface area contributed by atoms with Crippen LogP contribution in [0.5, 0.6) is 0 Å². The van der Waals surface area contributed by atoms with Crippen LogP contribution in [0.25, 0.3) is 0 Å². The van der Waals surface area contributed by atoms with Crippen molar-refractivity contribution in [2.24, 2.45) is 5.92 Å². The zero-order valence-corrected chi connectivity index (χ0v) is 15.3. The molecule has 1 aromatic carbocycles. The molecule has 0 spiro atoms. The van der Waals surface area contributed by atoms with Crippen molar-refractivity contribution in [2.45, 2.75) is 39.0 Å². The smallest absolute Gasteiger partial charge is 0.272 e. The van der Waals surface area contributed by atoms with Crippen LogP contribution in [0.15, 0.2) is 48.9 Å². The van der Waals surface area contributed by atoms with Crippen LogP contribution < -0.4 is 10.6 Å². The van der Waals surface area contributed by atoms with Gasteiger partial charge in [0.25, 0.3) is 5.91 Å². The van der Waals surface area contributed by atoms with E-state index in [4.69, 9.17) is 5.26 Å². The van der Waals surface area contributed by atoms with Gasteiger partial charge in [0, 0.05) is 18.8 Å². The fourth-order valence-corrected chi connectivity index (χ4v) is 2.52. The van der Waals surface area contributed by atoms with Crippen LogP contribution >= 0.6 is 0 Å². The molecule has 2 amide bonds. The molecule has 0 aliphatic rings. The Balaban J connectivity index is 2.13. The van der Waals surface area contributed by atoms with Gasteiger partial charge >= 0.3 is 0 Å². The van der Waals surface area contributed by atoms with Crippen molar-refractivity contribution in [1.82, 2.24) is 20.6 Å². The van der Waals surface area contributed by atoms with Crippen LogP contribution in [-0.4, -0.2) is 39.3 Å². The predicted molar refractivity (Wildman–Crippen MR) is 98.5 cm³/mol. The van der Waals surface area contributed by atoms with Crippen molar-refractivity contribution in [3.63, 3.8) is 0 Å². The van der Waals surface area contributed by atoms with Gasteiger partial charge in [-0.05, 0) is 17.9 Å². The van der Waals surface area contributed by atoms with E-state index in [9.17, 15) is 9.59 Å². The Morgan fingerprint density at radius 3 is 2.48 bits per heavy atom. The standard InChI is InChI=1S/C19H24N4O4/c1-13(2)10-17(27-26)23-18(24)15(11-14-6-4-3-5-7-14)22-19(25)16-12-20-8-9-21-16/h3-9,12-13,15,17,26H,10-11H2,1-2H3,(H,22,25)(H,23,24)/t15-,17+/m0/s1. The number of amides is 2. The average Bonchev–Trinajstić information content (AvgIpc) is 2.68. The Bertz CT molecular complexity index is 725. The van der Waals surface area contributed by atoms with Crippen molar-refractivity contribution in [1.29, 1.82) is 0 Å². The molecule has 8 nitrogen and oxygen atoms in total. The number of benzene rings is 1. The number of carbonyl (C=O) groups is 2. The Morgan fingerprint density at radius 1 is 1.15 bits per heavy atom. The van der Waals surface area contributed by atoms with Crippen LogP contribution in [0, 0.1) is 5.92 Å². The molecule has 0 unspecified atom stereocenters. The lowest BCUT2D eigenvalue weighted by Gasteiger charge is -2.22. The summed E-state index contributed by atoms with van der Waals surface area (Å²) in [5.74, 6) is -0.774. The summed E-state index contributed by atoms with van der Waals surface area (Å²) in [6.07, 6.45) is 4.03. The first-order valence-corrected chi connectivity index (χ1v) is 8.71. The summed E-state index contributed by atoms with van der Waals surface area (Å²) < 4.78 is 0. The molecule has 3 N–H and O–H groups in total. The van der Waals surface area contributed by atoms with Gasteiger partial charge in [-0.25, -0.2) is 15.1 Å². The van der Waals surface area contributed by atoms with Gasteiger partial charge in [0.1, 0.15) is 11.7 Å². The molecule has 0 radical (unpaired) electrons. The molecule has 0 aliphatic heterocycles. The Hall–Kier alpha value is -2.84. The molecular weight excluding hydrogens is 348 g/mol. The summed E-state index contributed by atoms with van der Waals surface area (Å²) in [5.41, 5.74) is 0.989. The SMILES string of the molecule is CC(C)C[C@H](NC(=O)[C@H](Cc1ccccc1)NC(=O)c1cnccn1)OO. The second-order valence-corrected chi connectivity index (χ2v) is 6.54. The van der Waals surface area contributed by atoms with E-state index in [1.54, 1.807) is 0 Å². The van der Waals surface area contributed by atoms with Gasteiger partial charge < -0.3 is 10.6 Å². The highest BCUT2D eigenvalue weighted by atomic mass is 17.1. The third-order valence-corrected chi connectivity index (χ3v) is 3.82. The maximum absolute atomic E-state index is 12.7. The Kier molecular flexibility index (Phi) is 7.84. The van der Waals surface area contributed by atoms with E-state index < -0.39 is 24.1 Å². The largest absolute Gasteiger partial charge is 0.339 e. The van der Waals surface area contributed by atoms with Crippen molar-refractivity contribution < 1.29 is 19.7 Å². The molecular formula is C19H24N4O4. The van der Waals surface area contributed by atoms with E-state index in [0.29, 0.717) is 6.42 Å². The molecule has 1 aromatic heterocycles. The first-order valence-electron chi connectivity index (χ1n) is 8.71. The Morgan fingerprint density at radius 2 is 1.89 bits per heavy atom. The highest BCUT2D eigenvalue weighted by Crippen LogP contribution is 2.08. The number of nitrogens with one attached hydrogen (secondary N) is 2. The summed E-state index contributed by atoms with van der Waals surface area (Å²) in [7, 11) is 0. The molecule has 0 fully saturated rings. The van der Waals surface area contributed by atoms with Crippen LogP contribution in [0.3, 0.4) is 0 Å². The minimum atomic E-state index is -0.869. The summed E-state index contributed by atoms with van der Waals surface area (Å²) in [4.78, 5) is 37.3. The topological polar surface area (TPSA) is 113 Å². The van der Waals surface area contributed by atoms with Gasteiger partial charge in [-0.2, -0.15) is 0 Å². The van der Waals surface area contributed by atoms with Crippen molar-refractivity contribution in [2.75, 3.05) is 0 Å². The minimum Gasteiger partial charge on any atom is -0.339 e. The van der Waals surface area contributed by atoms with E-state index in [1.807, 2.05) is 44.2 Å². The number of rotatable bonds is 9. The van der Waals surface area contributed by atoms with Gasteiger partial charge in [0.05, 0.1) is 6.20 Å². The van der Waals surface area contributed by atoms with Crippen molar-refractivity contribution >= 4 is 11.8 Å². The summed E-state index contributed by atoms with van der Waals surface area (Å²) in [6.45, 7) is 3.88. The Labute approximate surface area is 157 Å². The molecule has 8 heteroatoms. The lowest BCUT2D eigenvalue weighted by Crippen LogP contribution is -2.51. The monoisotopic (exact) mass is 372 g/mol. The lowest BCUT2D eigenvalue weighted by atomic mass is 10.0. The number of nitrogens with zero attached hydrogens (tertiary/aromatic N) is 2. The lowest BCUT2D eigenvalue weighted by molar-refractivity contribution is -0.287. The second kappa shape index (κ2) is 10.3. The molecule has 2 atom stereocenters. The highest BCUT2D eigenvalue weighted by Gasteiger charge is 2.25. The minimum absolute atomic E-state index is 0.112. The first-order chi connectivity index (χ1) is 13.0. The van der Waals surface area contributed by atoms with Gasteiger partial charge in [0.2, 0.25) is 5.91 Å². The molecule has 27 heavy (non-hydrogen) atoms. The quantitative estimate of drug-likeness (QED) is 0.351. The molecule has 2 rings (SSSR count). The molecule has 0 aliphatic carbocycles. The summed E-state index contributed by atoms with van der Waals surface area (Å²) in [6, 6.07) is 8.44. The van der Waals surface area contributed by atoms with Crippen molar-refractivity contribution in [3.05, 3.63) is 60.2 Å². The van der Waals surface area contributed by atoms with Crippen LogP contribution in [0.4, 0.5) is 0 Å². The third kappa shape index (κ3) is 6.76. The third-order valence-electron chi connectivity index (χ3n) is 3.82. The average molecular weight is 372 g/mol. The fraction of sp³-hybridized carbons (Fsp3) is 0.368. The van der Waals surface area contributed by atoms with Gasteiger partial charge in [-0.3, -0.25) is 14.6 Å². The van der Waals surface area contributed by atoms with E-state index >= 15 is 0 Å². The van der Waals surface area contributed by atoms with Gasteiger partial charge in [-0.15, -0.1) is 0 Å². The number of aromatic nitrogens is 2. The normalized spacial score (nSPS) is 13.0. The molecule has 0 saturated heterocycles. The van der Waals surface area contributed by atoms with Crippen LogP contribution in [0.1, 0.15) is 36.3 Å². The predicted octanol–water partition coefficient (Wildman–Crippen LogP) is 1.80. The fourth-order valence-electron chi connectivity index (χ4n) is 2.52. The number of hydrogen-bond donors (Lipinski definition) is 3. The maximum atomic E-state index is 12.7. The zero-order valence-electron chi connectivity index (χ0n) is 15.3. The summed E-state index contributed by atoms with van der Waals surface area (Å²) >= 11 is 0.